The zero-order chi connectivity index (χ0) is 37.5. The van der Waals surface area contributed by atoms with Gasteiger partial charge in [-0.1, -0.05) is 140 Å². The summed E-state index contributed by atoms with van der Waals surface area (Å²) in [5, 5.41) is 7.12. The van der Waals surface area contributed by atoms with Crippen molar-refractivity contribution in [2.75, 3.05) is 0 Å². The molecule has 0 saturated carbocycles. The summed E-state index contributed by atoms with van der Waals surface area (Å²) in [5.41, 5.74) is 10.3. The van der Waals surface area contributed by atoms with Crippen LogP contribution in [0.15, 0.2) is 186 Å². The van der Waals surface area contributed by atoms with Gasteiger partial charge in [-0.15, -0.1) is 11.3 Å². The van der Waals surface area contributed by atoms with Gasteiger partial charge in [0.15, 0.2) is 17.5 Å². The van der Waals surface area contributed by atoms with Gasteiger partial charge in [0, 0.05) is 59.3 Å². The van der Waals surface area contributed by atoms with Crippen LogP contribution in [-0.4, -0.2) is 19.5 Å². The van der Waals surface area contributed by atoms with Gasteiger partial charge in [0.25, 0.3) is 0 Å². The van der Waals surface area contributed by atoms with Crippen LogP contribution in [0.4, 0.5) is 0 Å². The molecule has 0 fully saturated rings. The van der Waals surface area contributed by atoms with Gasteiger partial charge in [0.1, 0.15) is 11.2 Å². The molecule has 0 saturated heterocycles. The second-order valence-electron chi connectivity index (χ2n) is 14.4. The zero-order valence-electron chi connectivity index (χ0n) is 30.4. The molecule has 5 nitrogen and oxygen atoms in total. The van der Waals surface area contributed by atoms with Crippen LogP contribution in [0.2, 0.25) is 0 Å². The lowest BCUT2D eigenvalue weighted by Crippen LogP contribution is -2.00. The third-order valence-electron chi connectivity index (χ3n) is 11.1. The van der Waals surface area contributed by atoms with Gasteiger partial charge < -0.3 is 8.98 Å². The van der Waals surface area contributed by atoms with Crippen molar-refractivity contribution < 1.29 is 4.42 Å². The molecule has 12 rings (SSSR count). The van der Waals surface area contributed by atoms with E-state index in [0.29, 0.717) is 17.5 Å². The maximum absolute atomic E-state index is 6.68. The molecule has 57 heavy (non-hydrogen) atoms. The highest BCUT2D eigenvalue weighted by molar-refractivity contribution is 7.26. The predicted molar refractivity (Wildman–Crippen MR) is 236 cm³/mol. The number of para-hydroxylation sites is 3. The number of hydrogen-bond acceptors (Lipinski definition) is 5. The highest BCUT2D eigenvalue weighted by atomic mass is 32.1. The van der Waals surface area contributed by atoms with Crippen LogP contribution < -0.4 is 0 Å². The van der Waals surface area contributed by atoms with Crippen LogP contribution in [0.1, 0.15) is 0 Å². The number of hydrogen-bond donors (Lipinski definition) is 0. The van der Waals surface area contributed by atoms with E-state index in [9.17, 15) is 0 Å². The number of fused-ring (bicyclic) bond motifs is 9. The smallest absolute Gasteiger partial charge is 0.164 e. The Morgan fingerprint density at radius 1 is 0.404 bits per heavy atom. The van der Waals surface area contributed by atoms with Gasteiger partial charge in [-0.2, -0.15) is 0 Å². The average Bonchev–Trinajstić information content (AvgIpc) is 3.96. The minimum atomic E-state index is 0.616. The SMILES string of the molecule is c1ccc(-c2nc(-c3ccccc3)nc(-c3ccc4oc5c(-c6ccc7c(c6)sc6c(-n8c9ccccc9c9ccccc98)cccc67)cccc5c4c3)n2)cc1. The van der Waals surface area contributed by atoms with E-state index in [2.05, 4.69) is 114 Å². The van der Waals surface area contributed by atoms with Crippen LogP contribution in [0.3, 0.4) is 0 Å². The van der Waals surface area contributed by atoms with E-state index >= 15 is 0 Å². The molecule has 266 valence electrons. The Morgan fingerprint density at radius 3 is 1.68 bits per heavy atom. The fourth-order valence-electron chi connectivity index (χ4n) is 8.41. The lowest BCUT2D eigenvalue weighted by Gasteiger charge is -2.09. The molecule has 0 aliphatic carbocycles. The van der Waals surface area contributed by atoms with E-state index in [-0.39, 0.29) is 0 Å². The molecule has 0 atom stereocenters. The van der Waals surface area contributed by atoms with Crippen molar-refractivity contribution in [2.45, 2.75) is 0 Å². The lowest BCUT2D eigenvalue weighted by atomic mass is 10.0. The Morgan fingerprint density at radius 2 is 0.982 bits per heavy atom. The van der Waals surface area contributed by atoms with Gasteiger partial charge in [0.2, 0.25) is 0 Å². The summed E-state index contributed by atoms with van der Waals surface area (Å²) in [6.07, 6.45) is 0. The van der Waals surface area contributed by atoms with E-state index in [4.69, 9.17) is 19.4 Å². The molecule has 0 aliphatic heterocycles. The molecular weight excluding hydrogens is 717 g/mol. The van der Waals surface area contributed by atoms with E-state index in [0.717, 1.165) is 49.8 Å². The molecule has 0 amide bonds. The normalized spacial score (nSPS) is 11.9. The Balaban J connectivity index is 0.987. The van der Waals surface area contributed by atoms with Crippen molar-refractivity contribution >= 4 is 75.3 Å². The van der Waals surface area contributed by atoms with Gasteiger partial charge in [-0.05, 0) is 48.0 Å². The Hall–Kier alpha value is -7.41. The Kier molecular flexibility index (Phi) is 7.03. The molecule has 4 aromatic heterocycles. The summed E-state index contributed by atoms with van der Waals surface area (Å²) in [6.45, 7) is 0. The number of rotatable bonds is 5. The van der Waals surface area contributed by atoms with Crippen LogP contribution in [0.25, 0.3) is 115 Å². The maximum Gasteiger partial charge on any atom is 0.164 e. The predicted octanol–water partition coefficient (Wildman–Crippen LogP) is 13.9. The second kappa shape index (κ2) is 12.6. The Bertz CT molecular complexity index is 3420. The van der Waals surface area contributed by atoms with Crippen molar-refractivity contribution in [1.29, 1.82) is 0 Å². The minimum Gasteiger partial charge on any atom is -0.455 e. The van der Waals surface area contributed by atoms with Crippen LogP contribution in [0.5, 0.6) is 0 Å². The highest BCUT2D eigenvalue weighted by Crippen LogP contribution is 2.44. The van der Waals surface area contributed by atoms with Crippen LogP contribution in [-0.2, 0) is 0 Å². The molecular formula is C51H30N4OS. The number of thiophene rings is 1. The quantitative estimate of drug-likeness (QED) is 0.176. The van der Waals surface area contributed by atoms with Crippen molar-refractivity contribution in [2.24, 2.45) is 0 Å². The lowest BCUT2D eigenvalue weighted by molar-refractivity contribution is 0.670. The number of nitrogens with zero attached hydrogens (tertiary/aromatic N) is 4. The van der Waals surface area contributed by atoms with Crippen molar-refractivity contribution in [3.05, 3.63) is 182 Å². The number of aromatic nitrogens is 4. The molecule has 0 radical (unpaired) electrons. The zero-order valence-corrected chi connectivity index (χ0v) is 31.2. The summed E-state index contributed by atoms with van der Waals surface area (Å²) in [6, 6.07) is 63.7. The molecule has 0 aliphatic rings. The van der Waals surface area contributed by atoms with E-state index < -0.39 is 0 Å². The van der Waals surface area contributed by atoms with Gasteiger partial charge in [-0.3, -0.25) is 0 Å². The second-order valence-corrected chi connectivity index (χ2v) is 15.4. The minimum absolute atomic E-state index is 0.616. The molecule has 6 heteroatoms. The van der Waals surface area contributed by atoms with E-state index in [1.165, 1.54) is 47.7 Å². The average molecular weight is 747 g/mol. The van der Waals surface area contributed by atoms with Gasteiger partial charge in [0.05, 0.1) is 21.4 Å². The van der Waals surface area contributed by atoms with Gasteiger partial charge in [-0.25, -0.2) is 15.0 Å². The molecule has 8 aromatic carbocycles. The van der Waals surface area contributed by atoms with Crippen molar-refractivity contribution in [3.8, 4) is 51.0 Å². The van der Waals surface area contributed by atoms with Crippen molar-refractivity contribution in [3.63, 3.8) is 0 Å². The topological polar surface area (TPSA) is 56.7 Å². The largest absolute Gasteiger partial charge is 0.455 e. The van der Waals surface area contributed by atoms with E-state index in [1.54, 1.807) is 0 Å². The van der Waals surface area contributed by atoms with Gasteiger partial charge >= 0.3 is 0 Å². The molecule has 0 bridgehead atoms. The summed E-state index contributed by atoms with van der Waals surface area (Å²) in [5.74, 6) is 1.89. The van der Waals surface area contributed by atoms with E-state index in [1.807, 2.05) is 84.1 Å². The molecule has 12 aromatic rings. The van der Waals surface area contributed by atoms with Crippen LogP contribution >= 0.6 is 11.3 Å². The molecule has 0 N–H and O–H groups in total. The third kappa shape index (κ3) is 5.04. The maximum atomic E-state index is 6.68. The standard InChI is InChI=1S/C51H30N4OS/c1-3-13-31(14-4-1)49-52-50(32-15-5-2-6-16-32)54-51(53-49)34-26-28-45-41(29-34)39-20-11-19-35(47(39)56-45)33-25-27-38-40-21-12-24-44(48(40)57-46(38)30-33)55-42-22-9-7-17-36(42)37-18-8-10-23-43(37)55/h1-30H. The first kappa shape index (κ1) is 31.9. The first-order valence-corrected chi connectivity index (χ1v) is 19.8. The summed E-state index contributed by atoms with van der Waals surface area (Å²) >= 11 is 1.85. The number of benzene rings is 8. The summed E-state index contributed by atoms with van der Waals surface area (Å²) in [7, 11) is 0. The molecule has 0 unspecified atom stereocenters. The fourth-order valence-corrected chi connectivity index (χ4v) is 9.66. The summed E-state index contributed by atoms with van der Waals surface area (Å²) < 4.78 is 11.6. The fraction of sp³-hybridized carbons (Fsp3) is 0. The Labute approximate surface area is 330 Å². The summed E-state index contributed by atoms with van der Waals surface area (Å²) in [4.78, 5) is 14.8. The van der Waals surface area contributed by atoms with Crippen LogP contribution in [0, 0.1) is 0 Å². The molecule has 4 heterocycles. The third-order valence-corrected chi connectivity index (χ3v) is 12.3. The first-order chi connectivity index (χ1) is 28.2. The molecule has 0 spiro atoms. The first-order valence-electron chi connectivity index (χ1n) is 19.0. The highest BCUT2D eigenvalue weighted by Gasteiger charge is 2.19. The van der Waals surface area contributed by atoms with Crippen molar-refractivity contribution in [1.82, 2.24) is 19.5 Å². The number of furan rings is 1. The monoisotopic (exact) mass is 746 g/mol.